The Kier molecular flexibility index (Phi) is 3.37. The van der Waals surface area contributed by atoms with E-state index in [4.69, 9.17) is 5.11 Å². The van der Waals surface area contributed by atoms with E-state index in [-0.39, 0.29) is 12.5 Å². The van der Waals surface area contributed by atoms with Gasteiger partial charge in [-0.15, -0.1) is 11.3 Å². The monoisotopic (exact) mass is 266 g/mol. The Morgan fingerprint density at radius 3 is 3.06 bits per heavy atom. The molecule has 0 aromatic carbocycles. The fourth-order valence-corrected chi connectivity index (χ4v) is 3.94. The van der Waals surface area contributed by atoms with E-state index in [1.807, 2.05) is 4.90 Å². The van der Waals surface area contributed by atoms with Crippen molar-refractivity contribution in [2.75, 3.05) is 19.7 Å². The van der Waals surface area contributed by atoms with E-state index in [1.54, 1.807) is 11.3 Å². The molecule has 5 heteroatoms. The van der Waals surface area contributed by atoms with Crippen molar-refractivity contribution in [1.29, 1.82) is 0 Å². The Labute approximate surface area is 111 Å². The summed E-state index contributed by atoms with van der Waals surface area (Å²) in [5.74, 6) is 0.204. The summed E-state index contributed by atoms with van der Waals surface area (Å²) in [7, 11) is 0. The molecule has 0 radical (unpaired) electrons. The second-order valence-corrected chi connectivity index (χ2v) is 6.02. The molecule has 0 bridgehead atoms. The van der Waals surface area contributed by atoms with Crippen LogP contribution in [0, 0.1) is 0 Å². The number of aliphatic hydroxyl groups is 1. The van der Waals surface area contributed by atoms with Crippen LogP contribution in [0.3, 0.4) is 0 Å². The van der Waals surface area contributed by atoms with E-state index in [0.29, 0.717) is 25.0 Å². The quantitative estimate of drug-likeness (QED) is 0.881. The number of hydrogen-bond donors (Lipinski definition) is 1. The second kappa shape index (κ2) is 4.99. The van der Waals surface area contributed by atoms with Gasteiger partial charge in [0.1, 0.15) is 0 Å². The first-order valence-corrected chi connectivity index (χ1v) is 7.34. The summed E-state index contributed by atoms with van der Waals surface area (Å²) in [6.45, 7) is 2.58. The first kappa shape index (κ1) is 12.1. The van der Waals surface area contributed by atoms with Crippen molar-refractivity contribution < 1.29 is 9.90 Å². The van der Waals surface area contributed by atoms with Gasteiger partial charge in [0.25, 0.3) is 0 Å². The molecule has 2 atom stereocenters. The predicted octanol–water partition coefficient (Wildman–Crippen LogP) is 0.916. The van der Waals surface area contributed by atoms with Crippen LogP contribution in [0.4, 0.5) is 0 Å². The number of amides is 1. The molecule has 2 aliphatic heterocycles. The van der Waals surface area contributed by atoms with Gasteiger partial charge in [-0.05, 0) is 17.9 Å². The number of nitrogens with zero attached hydrogens (tertiary/aromatic N) is 2. The average Bonchev–Trinajstić information content (AvgIpc) is 3.03. The Hall–Kier alpha value is -0.910. The van der Waals surface area contributed by atoms with Crippen LogP contribution in [0.15, 0.2) is 17.5 Å². The Morgan fingerprint density at radius 1 is 1.44 bits per heavy atom. The van der Waals surface area contributed by atoms with Gasteiger partial charge in [-0.1, -0.05) is 6.07 Å². The molecule has 98 valence electrons. The van der Waals surface area contributed by atoms with Crippen molar-refractivity contribution in [2.24, 2.45) is 0 Å². The molecule has 4 nitrogen and oxygen atoms in total. The van der Waals surface area contributed by atoms with Crippen molar-refractivity contribution in [2.45, 2.75) is 31.5 Å². The number of likely N-dealkylation sites (tertiary alicyclic amines) is 2. The van der Waals surface area contributed by atoms with Crippen LogP contribution in [0.25, 0.3) is 0 Å². The molecule has 0 saturated carbocycles. The molecule has 1 N–H and O–H groups in total. The van der Waals surface area contributed by atoms with E-state index < -0.39 is 0 Å². The van der Waals surface area contributed by atoms with E-state index in [2.05, 4.69) is 22.4 Å². The maximum atomic E-state index is 11.9. The van der Waals surface area contributed by atoms with Crippen LogP contribution < -0.4 is 0 Å². The molecule has 1 aromatic rings. The molecule has 2 aliphatic rings. The van der Waals surface area contributed by atoms with Gasteiger partial charge >= 0.3 is 0 Å². The summed E-state index contributed by atoms with van der Waals surface area (Å²) >= 11 is 1.78. The third-order valence-corrected chi connectivity index (χ3v) is 4.87. The zero-order valence-electron chi connectivity index (χ0n) is 10.3. The molecule has 18 heavy (non-hydrogen) atoms. The van der Waals surface area contributed by atoms with Crippen LogP contribution in [0.2, 0.25) is 0 Å². The van der Waals surface area contributed by atoms with Crippen LogP contribution in [0.5, 0.6) is 0 Å². The smallest absolute Gasteiger partial charge is 0.224 e. The second-order valence-electron chi connectivity index (χ2n) is 4.99. The third kappa shape index (κ3) is 2.06. The summed E-state index contributed by atoms with van der Waals surface area (Å²) in [5.41, 5.74) is 0. The lowest BCUT2D eigenvalue weighted by molar-refractivity contribution is -0.129. The van der Waals surface area contributed by atoms with E-state index in [1.165, 1.54) is 4.88 Å². The van der Waals surface area contributed by atoms with Gasteiger partial charge in [0, 0.05) is 43.0 Å². The third-order valence-electron chi connectivity index (χ3n) is 4.01. The SMILES string of the molecule is O=C1C[C@H]2[C@@H](CCN2Cc2cccs2)N1CCO. The van der Waals surface area contributed by atoms with Gasteiger partial charge in [-0.25, -0.2) is 0 Å². The van der Waals surface area contributed by atoms with Crippen molar-refractivity contribution in [1.82, 2.24) is 9.80 Å². The van der Waals surface area contributed by atoms with Gasteiger partial charge in [0.2, 0.25) is 5.91 Å². The molecule has 0 unspecified atom stereocenters. The topological polar surface area (TPSA) is 43.8 Å². The highest BCUT2D eigenvalue weighted by Gasteiger charge is 2.46. The molecular weight excluding hydrogens is 248 g/mol. The first-order chi connectivity index (χ1) is 8.79. The van der Waals surface area contributed by atoms with Crippen LogP contribution in [0.1, 0.15) is 17.7 Å². The zero-order chi connectivity index (χ0) is 12.5. The predicted molar refractivity (Wildman–Crippen MR) is 70.3 cm³/mol. The number of β-amino-alcohol motifs (C(OH)–C–C–N with tert-alkyl or cyclic N) is 1. The van der Waals surface area contributed by atoms with E-state index in [0.717, 1.165) is 19.5 Å². The molecule has 3 rings (SSSR count). The van der Waals surface area contributed by atoms with Gasteiger partial charge in [-0.3, -0.25) is 9.69 Å². The van der Waals surface area contributed by atoms with Crippen molar-refractivity contribution in [3.63, 3.8) is 0 Å². The number of aliphatic hydroxyl groups excluding tert-OH is 1. The number of rotatable bonds is 4. The largest absolute Gasteiger partial charge is 0.395 e. The van der Waals surface area contributed by atoms with Crippen LogP contribution in [-0.2, 0) is 11.3 Å². The van der Waals surface area contributed by atoms with E-state index in [9.17, 15) is 4.79 Å². The molecule has 3 heterocycles. The highest BCUT2D eigenvalue weighted by molar-refractivity contribution is 7.09. The number of fused-ring (bicyclic) bond motifs is 1. The summed E-state index contributed by atoms with van der Waals surface area (Å²) in [6, 6.07) is 4.90. The molecule has 2 saturated heterocycles. The highest BCUT2D eigenvalue weighted by atomic mass is 32.1. The molecule has 0 spiro atoms. The van der Waals surface area contributed by atoms with Crippen molar-refractivity contribution >= 4 is 17.2 Å². The molecule has 0 aliphatic carbocycles. The molecular formula is C13H18N2O2S. The fourth-order valence-electron chi connectivity index (χ4n) is 3.21. The average molecular weight is 266 g/mol. The minimum Gasteiger partial charge on any atom is -0.395 e. The maximum Gasteiger partial charge on any atom is 0.224 e. The lowest BCUT2D eigenvalue weighted by Gasteiger charge is -2.24. The minimum absolute atomic E-state index is 0.0693. The Morgan fingerprint density at radius 2 is 2.33 bits per heavy atom. The number of carbonyl (C=O) groups excluding carboxylic acids is 1. The molecule has 2 fully saturated rings. The Balaban J connectivity index is 1.69. The summed E-state index contributed by atoms with van der Waals surface area (Å²) < 4.78 is 0. The Bertz CT molecular complexity index is 421. The summed E-state index contributed by atoms with van der Waals surface area (Å²) in [6.07, 6.45) is 1.66. The van der Waals surface area contributed by atoms with Gasteiger partial charge < -0.3 is 10.0 Å². The molecule has 1 aromatic heterocycles. The normalized spacial score (nSPS) is 28.1. The lowest BCUT2D eigenvalue weighted by Crippen LogP contribution is -2.38. The van der Waals surface area contributed by atoms with Crippen LogP contribution in [-0.4, -0.2) is 52.6 Å². The van der Waals surface area contributed by atoms with Crippen molar-refractivity contribution in [3.8, 4) is 0 Å². The number of thiophene rings is 1. The molecule has 1 amide bonds. The minimum atomic E-state index is 0.0693. The van der Waals surface area contributed by atoms with Gasteiger partial charge in [0.05, 0.1) is 6.61 Å². The highest BCUT2D eigenvalue weighted by Crippen LogP contribution is 2.33. The lowest BCUT2D eigenvalue weighted by atomic mass is 10.1. The zero-order valence-corrected chi connectivity index (χ0v) is 11.1. The summed E-state index contributed by atoms with van der Waals surface area (Å²) in [4.78, 5) is 17.6. The summed E-state index contributed by atoms with van der Waals surface area (Å²) in [5, 5.41) is 11.1. The van der Waals surface area contributed by atoms with Gasteiger partial charge in [-0.2, -0.15) is 0 Å². The maximum absolute atomic E-state index is 11.9. The van der Waals surface area contributed by atoms with Crippen LogP contribution >= 0.6 is 11.3 Å². The first-order valence-electron chi connectivity index (χ1n) is 6.46. The fraction of sp³-hybridized carbons (Fsp3) is 0.615. The van der Waals surface area contributed by atoms with Gasteiger partial charge in [0.15, 0.2) is 0 Å². The standard InChI is InChI=1S/C13H18N2O2S/c16-6-5-15-11-3-4-14(12(11)8-13(15)17)9-10-2-1-7-18-10/h1-2,7,11-12,16H,3-6,8-9H2/t11-,12+/m1/s1. The number of carbonyl (C=O) groups is 1. The number of hydrogen-bond acceptors (Lipinski definition) is 4. The van der Waals surface area contributed by atoms with E-state index >= 15 is 0 Å². The van der Waals surface area contributed by atoms with Crippen molar-refractivity contribution in [3.05, 3.63) is 22.4 Å².